The fourth-order valence-corrected chi connectivity index (χ4v) is 3.23. The maximum Gasteiger partial charge on any atom is 0.416 e. The molecule has 0 aliphatic carbocycles. The summed E-state index contributed by atoms with van der Waals surface area (Å²) in [5, 5.41) is 2.43. The van der Waals surface area contributed by atoms with E-state index in [9.17, 15) is 26.4 Å². The average Bonchev–Trinajstić information content (AvgIpc) is 2.47. The monoisotopic (exact) mass is 373 g/mol. The molecule has 2 aromatic carbocycles. The molecule has 0 saturated heterocycles. The van der Waals surface area contributed by atoms with Gasteiger partial charge in [0.15, 0.2) is 0 Å². The smallest absolute Gasteiger partial charge is 0.379 e. The van der Waals surface area contributed by atoms with E-state index < -0.39 is 33.5 Å². The lowest BCUT2D eigenvalue weighted by Crippen LogP contribution is -2.13. The Morgan fingerprint density at radius 2 is 1.80 bits per heavy atom. The van der Waals surface area contributed by atoms with E-state index in [1.165, 1.54) is 32.0 Å². The minimum absolute atomic E-state index is 0.226. The lowest BCUT2D eigenvalue weighted by atomic mass is 10.2. The SMILES string of the molecule is CC(=O)Nc1ccc(C)c(S(=O)(=O)Oc2cccc(C(F)(F)F)c2)c1. The van der Waals surface area contributed by atoms with Crippen molar-refractivity contribution in [2.75, 3.05) is 5.32 Å². The van der Waals surface area contributed by atoms with Crippen molar-refractivity contribution in [3.8, 4) is 5.75 Å². The molecular weight excluding hydrogens is 359 g/mol. The zero-order valence-electron chi connectivity index (χ0n) is 13.2. The number of hydrogen-bond donors (Lipinski definition) is 1. The Balaban J connectivity index is 2.38. The molecule has 0 aliphatic heterocycles. The third kappa shape index (κ3) is 4.72. The molecule has 2 aromatic rings. The number of hydrogen-bond acceptors (Lipinski definition) is 4. The Hall–Kier alpha value is -2.55. The van der Waals surface area contributed by atoms with Crippen LogP contribution in [-0.4, -0.2) is 14.3 Å². The Bertz CT molecular complexity index is 908. The van der Waals surface area contributed by atoms with Crippen LogP contribution in [0.5, 0.6) is 5.75 Å². The summed E-state index contributed by atoms with van der Waals surface area (Å²) in [5.41, 5.74) is -0.477. The highest BCUT2D eigenvalue weighted by Gasteiger charge is 2.31. The van der Waals surface area contributed by atoms with E-state index in [0.29, 0.717) is 11.6 Å². The summed E-state index contributed by atoms with van der Waals surface area (Å²) in [6.45, 7) is 2.76. The molecule has 5 nitrogen and oxygen atoms in total. The first-order valence-corrected chi connectivity index (χ1v) is 8.40. The number of nitrogens with one attached hydrogen (secondary N) is 1. The third-order valence-electron chi connectivity index (χ3n) is 3.15. The van der Waals surface area contributed by atoms with Crippen molar-refractivity contribution in [2.45, 2.75) is 24.9 Å². The lowest BCUT2D eigenvalue weighted by Gasteiger charge is -2.13. The van der Waals surface area contributed by atoms with Crippen molar-refractivity contribution in [1.29, 1.82) is 0 Å². The summed E-state index contributed by atoms with van der Waals surface area (Å²) in [6, 6.07) is 7.70. The fraction of sp³-hybridized carbons (Fsp3) is 0.188. The number of carbonyl (C=O) groups is 1. The van der Waals surface area contributed by atoms with Gasteiger partial charge in [-0.3, -0.25) is 4.79 Å². The van der Waals surface area contributed by atoms with Crippen LogP contribution < -0.4 is 9.50 Å². The summed E-state index contributed by atoms with van der Waals surface area (Å²) >= 11 is 0. The molecule has 25 heavy (non-hydrogen) atoms. The molecule has 2 rings (SSSR count). The lowest BCUT2D eigenvalue weighted by molar-refractivity contribution is -0.137. The van der Waals surface area contributed by atoms with Crippen LogP contribution in [0, 0.1) is 6.92 Å². The molecule has 1 amide bonds. The van der Waals surface area contributed by atoms with Crippen molar-refractivity contribution in [2.24, 2.45) is 0 Å². The number of anilines is 1. The van der Waals surface area contributed by atoms with Crippen molar-refractivity contribution in [1.82, 2.24) is 0 Å². The largest absolute Gasteiger partial charge is 0.416 e. The third-order valence-corrected chi connectivity index (χ3v) is 4.54. The number of rotatable bonds is 4. The molecule has 0 aliphatic rings. The summed E-state index contributed by atoms with van der Waals surface area (Å²) in [7, 11) is -4.38. The van der Waals surface area contributed by atoms with Gasteiger partial charge in [-0.2, -0.15) is 21.6 Å². The van der Waals surface area contributed by atoms with Gasteiger partial charge >= 0.3 is 16.3 Å². The molecule has 0 spiro atoms. The number of carbonyl (C=O) groups excluding carboxylic acids is 1. The van der Waals surface area contributed by atoms with Gasteiger partial charge in [-0.15, -0.1) is 0 Å². The molecule has 0 fully saturated rings. The molecule has 0 atom stereocenters. The second kappa shape index (κ2) is 6.75. The summed E-state index contributed by atoms with van der Waals surface area (Å²) in [4.78, 5) is 10.8. The minimum atomic E-state index is -4.62. The van der Waals surface area contributed by atoms with E-state index >= 15 is 0 Å². The molecule has 0 heterocycles. The quantitative estimate of drug-likeness (QED) is 0.829. The van der Waals surface area contributed by atoms with E-state index in [0.717, 1.165) is 18.2 Å². The van der Waals surface area contributed by atoms with Gasteiger partial charge in [0.2, 0.25) is 5.91 Å². The van der Waals surface area contributed by atoms with Crippen LogP contribution in [0.15, 0.2) is 47.4 Å². The summed E-state index contributed by atoms with van der Waals surface area (Å²) in [6.07, 6.45) is -4.62. The van der Waals surface area contributed by atoms with Crippen molar-refractivity contribution < 1.29 is 30.6 Å². The maximum absolute atomic E-state index is 12.7. The molecular formula is C16H14F3NO4S. The van der Waals surface area contributed by atoms with Gasteiger partial charge in [0, 0.05) is 12.6 Å². The number of amides is 1. The molecule has 0 aromatic heterocycles. The van der Waals surface area contributed by atoms with Gasteiger partial charge in [0.25, 0.3) is 0 Å². The zero-order valence-corrected chi connectivity index (χ0v) is 14.0. The van der Waals surface area contributed by atoms with E-state index in [1.807, 2.05) is 0 Å². The van der Waals surface area contributed by atoms with Crippen LogP contribution in [0.1, 0.15) is 18.1 Å². The molecule has 0 radical (unpaired) electrons. The van der Waals surface area contributed by atoms with Crippen molar-refractivity contribution in [3.05, 3.63) is 53.6 Å². The van der Waals surface area contributed by atoms with Crippen LogP contribution in [0.3, 0.4) is 0 Å². The van der Waals surface area contributed by atoms with Gasteiger partial charge in [0.1, 0.15) is 10.6 Å². The number of benzene rings is 2. The van der Waals surface area contributed by atoms with E-state index in [2.05, 4.69) is 5.32 Å². The predicted octanol–water partition coefficient (Wildman–Crippen LogP) is 3.74. The van der Waals surface area contributed by atoms with Crippen LogP contribution in [0.25, 0.3) is 0 Å². The number of halogens is 3. The molecule has 1 N–H and O–H groups in total. The number of aryl methyl sites for hydroxylation is 1. The predicted molar refractivity (Wildman–Crippen MR) is 84.7 cm³/mol. The van der Waals surface area contributed by atoms with Crippen molar-refractivity contribution >= 4 is 21.7 Å². The van der Waals surface area contributed by atoms with Crippen LogP contribution in [-0.2, 0) is 21.1 Å². The molecule has 0 bridgehead atoms. The average molecular weight is 373 g/mol. The van der Waals surface area contributed by atoms with Gasteiger partial charge < -0.3 is 9.50 Å². The van der Waals surface area contributed by atoms with Crippen LogP contribution in [0.2, 0.25) is 0 Å². The van der Waals surface area contributed by atoms with Gasteiger partial charge in [0.05, 0.1) is 5.56 Å². The van der Waals surface area contributed by atoms with E-state index in [1.54, 1.807) is 0 Å². The first-order valence-electron chi connectivity index (χ1n) is 6.99. The van der Waals surface area contributed by atoms with E-state index in [-0.39, 0.29) is 10.6 Å². The highest BCUT2D eigenvalue weighted by atomic mass is 32.2. The summed E-state index contributed by atoms with van der Waals surface area (Å²) < 4.78 is 67.8. The number of alkyl halides is 3. The highest BCUT2D eigenvalue weighted by molar-refractivity contribution is 7.87. The first-order chi connectivity index (χ1) is 11.5. The molecule has 0 saturated carbocycles. The van der Waals surface area contributed by atoms with Gasteiger partial charge in [-0.1, -0.05) is 12.1 Å². The van der Waals surface area contributed by atoms with Crippen LogP contribution >= 0.6 is 0 Å². The fourth-order valence-electron chi connectivity index (χ4n) is 2.05. The Kier molecular flexibility index (Phi) is 5.07. The second-order valence-corrected chi connectivity index (χ2v) is 6.74. The molecule has 9 heteroatoms. The maximum atomic E-state index is 12.7. The second-order valence-electron chi connectivity index (χ2n) is 5.22. The Morgan fingerprint density at radius 1 is 1.12 bits per heavy atom. The van der Waals surface area contributed by atoms with E-state index in [4.69, 9.17) is 4.18 Å². The van der Waals surface area contributed by atoms with Gasteiger partial charge in [-0.25, -0.2) is 0 Å². The molecule has 0 unspecified atom stereocenters. The zero-order chi connectivity index (χ0) is 18.8. The minimum Gasteiger partial charge on any atom is -0.379 e. The Morgan fingerprint density at radius 3 is 2.40 bits per heavy atom. The van der Waals surface area contributed by atoms with Crippen LogP contribution in [0.4, 0.5) is 18.9 Å². The summed E-state index contributed by atoms with van der Waals surface area (Å²) in [5.74, 6) is -0.856. The van der Waals surface area contributed by atoms with Crippen molar-refractivity contribution in [3.63, 3.8) is 0 Å². The van der Waals surface area contributed by atoms with Gasteiger partial charge in [-0.05, 0) is 42.8 Å². The first kappa shape index (κ1) is 18.8. The topological polar surface area (TPSA) is 72.5 Å². The normalized spacial score (nSPS) is 11.9. The standard InChI is InChI=1S/C16H14F3NO4S/c1-10-6-7-13(20-11(2)21)9-15(10)25(22,23)24-14-5-3-4-12(8-14)16(17,18)19/h3-9H,1-2H3,(H,20,21). The molecule has 134 valence electrons. The highest BCUT2D eigenvalue weighted by Crippen LogP contribution is 2.32. The Labute approximate surface area is 142 Å².